The van der Waals surface area contributed by atoms with Gasteiger partial charge < -0.3 is 19.6 Å². The number of hydrogen-bond acceptors (Lipinski definition) is 7. The summed E-state index contributed by atoms with van der Waals surface area (Å²) in [5.41, 5.74) is -2.47. The van der Waals surface area contributed by atoms with E-state index in [0.717, 1.165) is 17.4 Å². The molecule has 15 heteroatoms. The van der Waals surface area contributed by atoms with E-state index in [1.165, 1.54) is 9.80 Å². The highest BCUT2D eigenvalue weighted by atomic mass is 32.1. The van der Waals surface area contributed by atoms with Crippen LogP contribution in [0.15, 0.2) is 12.3 Å². The number of aliphatic hydroxyl groups excluding tert-OH is 1. The molecule has 4 saturated heterocycles. The van der Waals surface area contributed by atoms with E-state index in [4.69, 9.17) is 4.74 Å². The fourth-order valence-electron chi connectivity index (χ4n) is 7.17. The number of carbonyl (C=O) groups excluding carboxylic acids is 2. The summed E-state index contributed by atoms with van der Waals surface area (Å²) in [6.07, 6.45) is -9.61. The molecule has 43 heavy (non-hydrogen) atoms. The molecule has 1 saturated carbocycles. The summed E-state index contributed by atoms with van der Waals surface area (Å²) in [4.78, 5) is 35.2. The molecule has 7 rings (SSSR count). The summed E-state index contributed by atoms with van der Waals surface area (Å²) in [6.45, 7) is 6.06. The molecule has 1 spiro atoms. The number of pyridine rings is 1. The molecule has 8 nitrogen and oxygen atoms in total. The largest absolute Gasteiger partial charge is 0.444 e. The number of thiophene rings is 1. The smallest absolute Gasteiger partial charge is 0.419 e. The van der Waals surface area contributed by atoms with Crippen molar-refractivity contribution >= 4 is 39.2 Å². The number of amides is 2. The Morgan fingerprint density at radius 3 is 2.35 bits per heavy atom. The van der Waals surface area contributed by atoms with Crippen LogP contribution in [0.3, 0.4) is 0 Å². The third kappa shape index (κ3) is 5.51. The number of carbonyl (C=O) groups is 2. The van der Waals surface area contributed by atoms with Crippen LogP contribution in [0.25, 0.3) is 10.2 Å². The summed E-state index contributed by atoms with van der Waals surface area (Å²) in [5.74, 6) is -0.760. The summed E-state index contributed by atoms with van der Waals surface area (Å²) in [7, 11) is 0. The molecule has 0 unspecified atom stereocenters. The predicted molar refractivity (Wildman–Crippen MR) is 145 cm³/mol. The minimum Gasteiger partial charge on any atom is -0.444 e. The third-order valence-corrected chi connectivity index (χ3v) is 9.84. The molecule has 2 aromatic heterocycles. The van der Waals surface area contributed by atoms with Gasteiger partial charge in [-0.3, -0.25) is 9.69 Å². The van der Waals surface area contributed by atoms with Gasteiger partial charge in [0.05, 0.1) is 23.8 Å². The number of halogens is 6. The van der Waals surface area contributed by atoms with Gasteiger partial charge in [0.1, 0.15) is 16.5 Å². The molecule has 1 aliphatic carbocycles. The third-order valence-electron chi connectivity index (χ3n) is 8.79. The normalized spacial score (nSPS) is 27.0. The van der Waals surface area contributed by atoms with Crippen LogP contribution in [0.4, 0.5) is 36.8 Å². The van der Waals surface area contributed by atoms with Crippen LogP contribution in [0.2, 0.25) is 0 Å². The first-order valence-corrected chi connectivity index (χ1v) is 14.9. The Bertz CT molecular complexity index is 1440. The lowest BCUT2D eigenvalue weighted by molar-refractivity contribution is -0.166. The van der Waals surface area contributed by atoms with Gasteiger partial charge in [-0.1, -0.05) is 0 Å². The highest BCUT2D eigenvalue weighted by Gasteiger charge is 2.59. The summed E-state index contributed by atoms with van der Waals surface area (Å²) >= 11 is 0.720. The Kier molecular flexibility index (Phi) is 6.92. The van der Waals surface area contributed by atoms with E-state index < -0.39 is 59.5 Å². The number of aliphatic hydroxyl groups is 1. The van der Waals surface area contributed by atoms with E-state index in [1.54, 1.807) is 25.7 Å². The average Bonchev–Trinajstić information content (AvgIpc) is 3.20. The van der Waals surface area contributed by atoms with Gasteiger partial charge in [-0.05, 0) is 46.1 Å². The van der Waals surface area contributed by atoms with Crippen molar-refractivity contribution in [1.29, 1.82) is 0 Å². The summed E-state index contributed by atoms with van der Waals surface area (Å²) < 4.78 is 86.5. The molecule has 0 radical (unpaired) electrons. The van der Waals surface area contributed by atoms with Gasteiger partial charge in [0.2, 0.25) is 5.91 Å². The van der Waals surface area contributed by atoms with Gasteiger partial charge in [-0.2, -0.15) is 26.3 Å². The molecular weight excluding hydrogens is 602 g/mol. The number of alkyl halides is 6. The maximum absolute atomic E-state index is 14.0. The van der Waals surface area contributed by atoms with Crippen LogP contribution in [0.1, 0.15) is 50.5 Å². The molecule has 6 heterocycles. The van der Waals surface area contributed by atoms with E-state index in [1.807, 2.05) is 0 Å². The average molecular weight is 635 g/mol. The van der Waals surface area contributed by atoms with E-state index in [9.17, 15) is 41.0 Å². The monoisotopic (exact) mass is 634 g/mol. The van der Waals surface area contributed by atoms with Gasteiger partial charge in [0.15, 0.2) is 0 Å². The lowest BCUT2D eigenvalue weighted by Gasteiger charge is -2.62. The minimum atomic E-state index is -4.76. The van der Waals surface area contributed by atoms with E-state index in [-0.39, 0.29) is 58.9 Å². The van der Waals surface area contributed by atoms with Crippen molar-refractivity contribution in [2.75, 3.05) is 31.1 Å². The number of nitrogens with zero attached hydrogens (tertiary/aromatic N) is 4. The molecule has 2 amide bonds. The molecular formula is C28H32F6N4O4S. The van der Waals surface area contributed by atoms with Crippen molar-refractivity contribution in [3.8, 4) is 0 Å². The highest BCUT2D eigenvalue weighted by molar-refractivity contribution is 7.18. The second kappa shape index (κ2) is 9.85. The SMILES string of the molecule is CC(C)(C)OC(=O)N1[C@H]2CC[C@H]([C@H](O)C2)[C@@H]1C(=O)N1CC2(C1)CN(c1c(C(F)(F)F)cnc3sc(CC(F)(F)F)cc13)C2. The first kappa shape index (κ1) is 30.2. The highest BCUT2D eigenvalue weighted by Crippen LogP contribution is 2.50. The first-order valence-electron chi connectivity index (χ1n) is 14.1. The quantitative estimate of drug-likeness (QED) is 0.467. The first-order chi connectivity index (χ1) is 19.8. The van der Waals surface area contributed by atoms with Crippen molar-refractivity contribution in [3.05, 3.63) is 22.7 Å². The van der Waals surface area contributed by atoms with Gasteiger partial charge in [-0.25, -0.2) is 9.78 Å². The Morgan fingerprint density at radius 1 is 1.09 bits per heavy atom. The Balaban J connectivity index is 1.19. The maximum atomic E-state index is 14.0. The maximum Gasteiger partial charge on any atom is 0.419 e. The molecule has 0 aromatic carbocycles. The number of likely N-dealkylation sites (tertiary alicyclic amines) is 1. The number of hydrogen-bond donors (Lipinski definition) is 1. The number of ether oxygens (including phenoxy) is 1. The number of aromatic nitrogens is 1. The number of fused-ring (bicyclic) bond motifs is 4. The Morgan fingerprint density at radius 2 is 1.77 bits per heavy atom. The standard InChI is InChI=1S/C28H32F6N4O4S/c1-25(2,3)42-24(41)38-14-4-5-16(19(39)6-14)21(38)23(40)37-12-26(13-37)10-36(11-26)20-17-7-15(8-27(29,30)31)43-22(17)35-9-18(20)28(32,33)34/h7,9,14,16,19,21,39H,4-6,8,10-13H2,1-3H3/t14-,16+,19+,21+/m0/s1. The van der Waals surface area contributed by atoms with Gasteiger partial charge in [0, 0.05) is 60.0 Å². The van der Waals surface area contributed by atoms with Gasteiger partial charge in [0.25, 0.3) is 0 Å². The van der Waals surface area contributed by atoms with E-state index >= 15 is 0 Å². The molecule has 236 valence electrons. The summed E-state index contributed by atoms with van der Waals surface area (Å²) in [5, 5.41) is 10.7. The zero-order chi connectivity index (χ0) is 31.3. The van der Waals surface area contributed by atoms with Crippen molar-refractivity contribution in [2.45, 2.75) is 82.6 Å². The van der Waals surface area contributed by atoms with Crippen molar-refractivity contribution in [1.82, 2.24) is 14.8 Å². The van der Waals surface area contributed by atoms with Crippen molar-refractivity contribution < 1.29 is 45.8 Å². The molecule has 4 atom stereocenters. The topological polar surface area (TPSA) is 86.2 Å². The lowest BCUT2D eigenvalue weighted by atomic mass is 9.69. The van der Waals surface area contributed by atoms with Crippen LogP contribution < -0.4 is 4.90 Å². The molecule has 5 aliphatic rings. The van der Waals surface area contributed by atoms with Crippen LogP contribution in [-0.2, 0) is 22.1 Å². The predicted octanol–water partition coefficient (Wildman–Crippen LogP) is 5.22. The second-order valence-electron chi connectivity index (χ2n) is 13.3. The fraction of sp³-hybridized carbons (Fsp3) is 0.679. The molecule has 2 bridgehead atoms. The van der Waals surface area contributed by atoms with Crippen LogP contribution >= 0.6 is 11.3 Å². The van der Waals surface area contributed by atoms with Gasteiger partial charge in [-0.15, -0.1) is 11.3 Å². The fourth-order valence-corrected chi connectivity index (χ4v) is 8.20. The van der Waals surface area contributed by atoms with Crippen LogP contribution in [0, 0.1) is 11.3 Å². The number of anilines is 1. The van der Waals surface area contributed by atoms with E-state index in [0.29, 0.717) is 25.5 Å². The Labute approximate surface area is 247 Å². The van der Waals surface area contributed by atoms with Crippen molar-refractivity contribution in [2.24, 2.45) is 11.3 Å². The lowest BCUT2D eigenvalue weighted by Crippen LogP contribution is -2.76. The number of rotatable bonds is 3. The van der Waals surface area contributed by atoms with Crippen LogP contribution in [0.5, 0.6) is 0 Å². The Hall–Kier alpha value is -2.81. The minimum absolute atomic E-state index is 0.0291. The summed E-state index contributed by atoms with van der Waals surface area (Å²) in [6, 6.07) is -0.0807. The molecule has 4 aliphatic heterocycles. The molecule has 5 fully saturated rings. The molecule has 2 aromatic rings. The van der Waals surface area contributed by atoms with Crippen molar-refractivity contribution in [3.63, 3.8) is 0 Å². The van der Waals surface area contributed by atoms with Crippen LogP contribution in [-0.4, -0.2) is 88.0 Å². The zero-order valence-electron chi connectivity index (χ0n) is 23.8. The van der Waals surface area contributed by atoms with Gasteiger partial charge >= 0.3 is 18.4 Å². The molecule has 1 N–H and O–H groups in total. The van der Waals surface area contributed by atoms with E-state index in [2.05, 4.69) is 4.98 Å². The zero-order valence-corrected chi connectivity index (χ0v) is 24.6. The second-order valence-corrected chi connectivity index (χ2v) is 14.4. The number of piperidine rings is 2.